The van der Waals surface area contributed by atoms with Gasteiger partial charge in [0, 0.05) is 31.0 Å². The molecular weight excluding hydrogens is 406 g/mol. The van der Waals surface area contributed by atoms with Crippen molar-refractivity contribution in [1.29, 1.82) is 0 Å². The molecule has 0 unspecified atom stereocenters. The summed E-state index contributed by atoms with van der Waals surface area (Å²) in [5.74, 6) is 1.23. The summed E-state index contributed by atoms with van der Waals surface area (Å²) in [4.78, 5) is 0.208. The summed E-state index contributed by atoms with van der Waals surface area (Å²) < 4.78 is 27.9. The van der Waals surface area contributed by atoms with Crippen molar-refractivity contribution in [3.8, 4) is 11.4 Å². The Morgan fingerprint density at radius 1 is 1.07 bits per heavy atom. The zero-order valence-corrected chi connectivity index (χ0v) is 18.3. The highest BCUT2D eigenvalue weighted by atomic mass is 32.2. The quantitative estimate of drug-likeness (QED) is 0.639. The molecule has 2 heterocycles. The van der Waals surface area contributed by atoms with Crippen molar-refractivity contribution < 1.29 is 8.42 Å². The molecule has 0 fully saturated rings. The van der Waals surface area contributed by atoms with Crippen LogP contribution in [0.4, 0.5) is 0 Å². The van der Waals surface area contributed by atoms with Crippen LogP contribution >= 0.6 is 11.8 Å². The lowest BCUT2D eigenvalue weighted by Gasteiger charge is -2.16. The van der Waals surface area contributed by atoms with Crippen LogP contribution in [0, 0.1) is 13.8 Å². The van der Waals surface area contributed by atoms with Gasteiger partial charge >= 0.3 is 0 Å². The number of nitrogens with zero attached hydrogens (tertiary/aromatic N) is 5. The fourth-order valence-electron chi connectivity index (χ4n) is 3.09. The summed E-state index contributed by atoms with van der Waals surface area (Å²) in [6.45, 7) is 4.13. The molecule has 7 nitrogen and oxygen atoms in total. The van der Waals surface area contributed by atoms with Gasteiger partial charge in [-0.2, -0.15) is 9.78 Å². The normalized spacial score (nSPS) is 14.0. The van der Waals surface area contributed by atoms with Gasteiger partial charge in [0.1, 0.15) is 0 Å². The molecule has 3 aromatic rings. The average molecular weight is 428 g/mol. The number of thioether (sulfide) groups is 1. The zero-order valence-electron chi connectivity index (χ0n) is 16.6. The van der Waals surface area contributed by atoms with Crippen molar-refractivity contribution in [2.24, 2.45) is 5.10 Å². The summed E-state index contributed by atoms with van der Waals surface area (Å²) in [6.07, 6.45) is 0. The predicted octanol–water partition coefficient (Wildman–Crippen LogP) is 3.17. The maximum atomic E-state index is 12.5. The lowest BCUT2D eigenvalue weighted by atomic mass is 10.0. The Morgan fingerprint density at radius 3 is 2.62 bits per heavy atom. The Hall–Kier alpha value is -2.49. The van der Waals surface area contributed by atoms with Crippen molar-refractivity contribution in [1.82, 2.24) is 19.2 Å². The highest BCUT2D eigenvalue weighted by Crippen LogP contribution is 2.30. The highest BCUT2D eigenvalue weighted by Gasteiger charge is 2.23. The van der Waals surface area contributed by atoms with Crippen LogP contribution in [0.25, 0.3) is 11.4 Å². The van der Waals surface area contributed by atoms with Crippen LogP contribution in [0.3, 0.4) is 0 Å². The number of rotatable bonds is 4. The molecule has 0 bridgehead atoms. The van der Waals surface area contributed by atoms with Gasteiger partial charge in [0.15, 0.2) is 5.82 Å². The molecule has 0 saturated heterocycles. The number of hydrogen-bond acceptors (Lipinski definition) is 6. The van der Waals surface area contributed by atoms with Crippen LogP contribution in [-0.4, -0.2) is 53.2 Å². The first kappa shape index (κ1) is 19.8. The second kappa shape index (κ2) is 7.40. The summed E-state index contributed by atoms with van der Waals surface area (Å²) in [5, 5.41) is 14.0. The Bertz CT molecular complexity index is 1230. The number of fused-ring (bicyclic) bond motifs is 1. The summed E-state index contributed by atoms with van der Waals surface area (Å²) in [6, 6.07) is 13.0. The van der Waals surface area contributed by atoms with Gasteiger partial charge in [-0.1, -0.05) is 41.6 Å². The summed E-state index contributed by atoms with van der Waals surface area (Å²) in [5.41, 5.74) is 5.04. The standard InChI is InChI=1S/C20H21N5O2S2/c1-13-8-9-14(2)17(10-13)18-12-28-20-22-21-19(25(20)23-18)15-6-5-7-16(11-15)29(26,27)24(3)4/h5-11H,12H2,1-4H3. The Kier molecular flexibility index (Phi) is 5.05. The van der Waals surface area contributed by atoms with Crippen LogP contribution in [0.2, 0.25) is 0 Å². The van der Waals surface area contributed by atoms with E-state index in [4.69, 9.17) is 5.10 Å². The van der Waals surface area contributed by atoms with E-state index in [2.05, 4.69) is 42.2 Å². The minimum Gasteiger partial charge on any atom is -0.207 e. The first-order valence-electron chi connectivity index (χ1n) is 9.04. The minimum atomic E-state index is -3.54. The molecule has 0 spiro atoms. The van der Waals surface area contributed by atoms with Crippen LogP contribution in [0.15, 0.2) is 57.6 Å². The van der Waals surface area contributed by atoms with Crippen LogP contribution in [-0.2, 0) is 10.0 Å². The number of aryl methyl sites for hydroxylation is 2. The first-order valence-corrected chi connectivity index (χ1v) is 11.5. The molecule has 1 aliphatic rings. The van der Waals surface area contributed by atoms with E-state index >= 15 is 0 Å². The maximum absolute atomic E-state index is 12.5. The Morgan fingerprint density at radius 2 is 1.86 bits per heavy atom. The van der Waals surface area contributed by atoms with Crippen molar-refractivity contribution in [3.63, 3.8) is 0 Å². The van der Waals surface area contributed by atoms with E-state index in [0.29, 0.717) is 22.3 Å². The average Bonchev–Trinajstić information content (AvgIpc) is 3.13. The van der Waals surface area contributed by atoms with Crippen LogP contribution in [0.1, 0.15) is 16.7 Å². The van der Waals surface area contributed by atoms with Crippen molar-refractivity contribution >= 4 is 27.5 Å². The smallest absolute Gasteiger partial charge is 0.207 e. The van der Waals surface area contributed by atoms with Gasteiger partial charge < -0.3 is 0 Å². The molecule has 4 rings (SSSR count). The Labute approximate surface area is 174 Å². The molecule has 0 N–H and O–H groups in total. The van der Waals surface area contributed by atoms with Gasteiger partial charge in [-0.3, -0.25) is 0 Å². The van der Waals surface area contributed by atoms with E-state index in [1.165, 1.54) is 24.0 Å². The molecule has 2 aromatic carbocycles. The van der Waals surface area contributed by atoms with Gasteiger partial charge in [-0.25, -0.2) is 12.7 Å². The third-order valence-corrected chi connectivity index (χ3v) is 7.49. The first-order chi connectivity index (χ1) is 13.8. The number of sulfonamides is 1. The van der Waals surface area contributed by atoms with Gasteiger partial charge in [-0.15, -0.1) is 10.2 Å². The fourth-order valence-corrected chi connectivity index (χ4v) is 4.87. The monoisotopic (exact) mass is 427 g/mol. The molecule has 150 valence electrons. The van der Waals surface area contributed by atoms with E-state index in [0.717, 1.165) is 16.8 Å². The molecule has 0 aliphatic carbocycles. The molecule has 0 amide bonds. The largest absolute Gasteiger partial charge is 0.242 e. The van der Waals surface area contributed by atoms with Crippen molar-refractivity contribution in [2.75, 3.05) is 19.8 Å². The van der Waals surface area contributed by atoms with Crippen molar-refractivity contribution in [3.05, 3.63) is 59.2 Å². The molecule has 0 atom stereocenters. The number of hydrogen-bond donors (Lipinski definition) is 0. The number of benzene rings is 2. The molecule has 0 radical (unpaired) electrons. The van der Waals surface area contributed by atoms with Gasteiger partial charge in [0.05, 0.1) is 10.6 Å². The van der Waals surface area contributed by atoms with E-state index in [1.807, 2.05) is 6.07 Å². The predicted molar refractivity (Wildman–Crippen MR) is 115 cm³/mol. The topological polar surface area (TPSA) is 80.5 Å². The van der Waals surface area contributed by atoms with E-state index < -0.39 is 10.0 Å². The number of aromatic nitrogens is 3. The van der Waals surface area contributed by atoms with Crippen molar-refractivity contribution in [2.45, 2.75) is 23.9 Å². The highest BCUT2D eigenvalue weighted by molar-refractivity contribution is 7.99. The summed E-state index contributed by atoms with van der Waals surface area (Å²) >= 11 is 1.57. The SMILES string of the molecule is Cc1ccc(C)c(C2=Nn3c(nnc3-c3cccc(S(=O)(=O)N(C)C)c3)SC2)c1. The molecule has 9 heteroatoms. The molecule has 1 aliphatic heterocycles. The minimum absolute atomic E-state index is 0.208. The lowest BCUT2D eigenvalue weighted by molar-refractivity contribution is 0.521. The van der Waals surface area contributed by atoms with E-state index in [-0.39, 0.29) is 4.90 Å². The maximum Gasteiger partial charge on any atom is 0.242 e. The van der Waals surface area contributed by atoms with Crippen LogP contribution in [0.5, 0.6) is 0 Å². The zero-order chi connectivity index (χ0) is 20.8. The third-order valence-electron chi connectivity index (χ3n) is 4.75. The third kappa shape index (κ3) is 3.61. The molecule has 0 saturated carbocycles. The fraction of sp³-hybridized carbons (Fsp3) is 0.250. The van der Waals surface area contributed by atoms with E-state index in [1.54, 1.807) is 34.6 Å². The molecular formula is C20H21N5O2S2. The van der Waals surface area contributed by atoms with Crippen LogP contribution < -0.4 is 0 Å². The van der Waals surface area contributed by atoms with Gasteiger partial charge in [0.2, 0.25) is 15.2 Å². The lowest BCUT2D eigenvalue weighted by Crippen LogP contribution is -2.22. The molecule has 29 heavy (non-hydrogen) atoms. The second-order valence-corrected chi connectivity index (χ2v) is 10.2. The van der Waals surface area contributed by atoms with Gasteiger partial charge in [-0.05, 0) is 37.6 Å². The second-order valence-electron chi connectivity index (χ2n) is 7.09. The summed E-state index contributed by atoms with van der Waals surface area (Å²) in [7, 11) is -0.517. The Balaban J connectivity index is 1.81. The van der Waals surface area contributed by atoms with E-state index in [9.17, 15) is 8.42 Å². The van der Waals surface area contributed by atoms with Gasteiger partial charge in [0.25, 0.3) is 0 Å². The molecule has 1 aromatic heterocycles.